The third-order valence-corrected chi connectivity index (χ3v) is 3.27. The predicted octanol–water partition coefficient (Wildman–Crippen LogP) is 2.91. The van der Waals surface area contributed by atoms with Gasteiger partial charge >= 0.3 is 0 Å². The summed E-state index contributed by atoms with van der Waals surface area (Å²) < 4.78 is 2.09. The van der Waals surface area contributed by atoms with Crippen LogP contribution in [0.2, 0.25) is 0 Å². The van der Waals surface area contributed by atoms with E-state index in [4.69, 9.17) is 0 Å². The predicted molar refractivity (Wildman–Crippen MR) is 74.6 cm³/mol. The average Bonchev–Trinajstić information content (AvgIpc) is 2.82. The van der Waals surface area contributed by atoms with E-state index in [9.17, 15) is 0 Å². The molecule has 0 radical (unpaired) electrons. The summed E-state index contributed by atoms with van der Waals surface area (Å²) >= 11 is 0. The Balaban J connectivity index is 2.39. The Morgan fingerprint density at radius 2 is 2.06 bits per heavy atom. The highest BCUT2D eigenvalue weighted by molar-refractivity contribution is 5.34. The molecule has 96 valence electrons. The van der Waals surface area contributed by atoms with Gasteiger partial charge in [-0.3, -0.25) is 4.68 Å². The van der Waals surface area contributed by atoms with Crippen LogP contribution >= 0.6 is 0 Å². The number of hydrogen-bond donors (Lipinski definition) is 1. The Kier molecular flexibility index (Phi) is 4.15. The highest BCUT2D eigenvalue weighted by atomic mass is 15.3. The Labute approximate surface area is 109 Å². The van der Waals surface area contributed by atoms with Gasteiger partial charge in [-0.1, -0.05) is 31.2 Å². The normalized spacial score (nSPS) is 12.6. The number of nitrogens with one attached hydrogen (secondary N) is 1. The zero-order valence-electron chi connectivity index (χ0n) is 11.4. The molecule has 3 heteroatoms. The fourth-order valence-electron chi connectivity index (χ4n) is 2.36. The van der Waals surface area contributed by atoms with Crippen molar-refractivity contribution in [1.29, 1.82) is 0 Å². The summed E-state index contributed by atoms with van der Waals surface area (Å²) in [5.41, 5.74) is 3.85. The molecular weight excluding hydrogens is 222 g/mol. The fraction of sp³-hybridized carbons (Fsp3) is 0.400. The van der Waals surface area contributed by atoms with E-state index in [0.29, 0.717) is 0 Å². The summed E-state index contributed by atoms with van der Waals surface area (Å²) in [6.45, 7) is 5.29. The van der Waals surface area contributed by atoms with E-state index in [-0.39, 0.29) is 6.04 Å². The Morgan fingerprint density at radius 3 is 2.72 bits per heavy atom. The first-order chi connectivity index (χ1) is 8.77. The van der Waals surface area contributed by atoms with Crippen molar-refractivity contribution in [2.45, 2.75) is 32.9 Å². The minimum atomic E-state index is 0.209. The van der Waals surface area contributed by atoms with Crippen LogP contribution in [0.5, 0.6) is 0 Å². The van der Waals surface area contributed by atoms with Gasteiger partial charge in [-0.15, -0.1) is 0 Å². The molecule has 1 aromatic carbocycles. The largest absolute Gasteiger partial charge is 0.308 e. The van der Waals surface area contributed by atoms with Crippen molar-refractivity contribution in [1.82, 2.24) is 15.1 Å². The van der Waals surface area contributed by atoms with Gasteiger partial charge in [0.15, 0.2) is 0 Å². The van der Waals surface area contributed by atoms with E-state index in [2.05, 4.69) is 59.3 Å². The van der Waals surface area contributed by atoms with Crippen molar-refractivity contribution in [3.8, 4) is 0 Å². The van der Waals surface area contributed by atoms with Gasteiger partial charge in [-0.05, 0) is 37.6 Å². The van der Waals surface area contributed by atoms with Gasteiger partial charge in [0.2, 0.25) is 0 Å². The van der Waals surface area contributed by atoms with Crippen molar-refractivity contribution in [3.63, 3.8) is 0 Å². The van der Waals surface area contributed by atoms with E-state index < -0.39 is 0 Å². The molecule has 1 aromatic heterocycles. The Bertz CT molecular complexity index is 502. The van der Waals surface area contributed by atoms with Crippen LogP contribution in [-0.4, -0.2) is 16.8 Å². The van der Waals surface area contributed by atoms with Crippen LogP contribution in [0.3, 0.4) is 0 Å². The average molecular weight is 243 g/mol. The first-order valence-electron chi connectivity index (χ1n) is 6.52. The van der Waals surface area contributed by atoms with Crippen molar-refractivity contribution in [2.24, 2.45) is 0 Å². The molecule has 2 rings (SSSR count). The molecule has 0 bridgehead atoms. The van der Waals surface area contributed by atoms with Crippen LogP contribution in [0.15, 0.2) is 36.5 Å². The lowest BCUT2D eigenvalue weighted by molar-refractivity contribution is 0.534. The Morgan fingerprint density at radius 1 is 1.28 bits per heavy atom. The van der Waals surface area contributed by atoms with Crippen molar-refractivity contribution >= 4 is 0 Å². The fourth-order valence-corrected chi connectivity index (χ4v) is 2.36. The van der Waals surface area contributed by atoms with E-state index in [0.717, 1.165) is 13.0 Å². The third-order valence-electron chi connectivity index (χ3n) is 3.27. The van der Waals surface area contributed by atoms with E-state index in [1.165, 1.54) is 16.8 Å². The van der Waals surface area contributed by atoms with Gasteiger partial charge in [0.05, 0.1) is 11.7 Å². The van der Waals surface area contributed by atoms with Gasteiger partial charge in [-0.2, -0.15) is 5.10 Å². The molecule has 0 amide bonds. The quantitative estimate of drug-likeness (QED) is 0.875. The van der Waals surface area contributed by atoms with Crippen molar-refractivity contribution in [3.05, 3.63) is 53.3 Å². The van der Waals surface area contributed by atoms with Crippen LogP contribution in [-0.2, 0) is 6.54 Å². The first-order valence-corrected chi connectivity index (χ1v) is 6.52. The lowest BCUT2D eigenvalue weighted by Crippen LogP contribution is -2.22. The summed E-state index contributed by atoms with van der Waals surface area (Å²) in [6, 6.07) is 10.8. The number of rotatable bonds is 5. The molecule has 18 heavy (non-hydrogen) atoms. The molecule has 1 N–H and O–H groups in total. The SMILES string of the molecule is CCCn1nccc1C(NC)c1ccccc1C. The van der Waals surface area contributed by atoms with Gasteiger partial charge in [0, 0.05) is 12.7 Å². The molecule has 1 atom stereocenters. The molecule has 1 unspecified atom stereocenters. The second-order valence-corrected chi connectivity index (χ2v) is 4.56. The smallest absolute Gasteiger partial charge is 0.0748 e. The maximum absolute atomic E-state index is 4.41. The molecule has 1 heterocycles. The van der Waals surface area contributed by atoms with Crippen LogP contribution < -0.4 is 5.32 Å². The van der Waals surface area contributed by atoms with Crippen LogP contribution in [0.4, 0.5) is 0 Å². The molecule has 0 saturated heterocycles. The molecule has 0 aliphatic heterocycles. The molecule has 3 nitrogen and oxygen atoms in total. The number of aryl methyl sites for hydroxylation is 2. The summed E-state index contributed by atoms with van der Waals surface area (Å²) in [5.74, 6) is 0. The first kappa shape index (κ1) is 12.8. The van der Waals surface area contributed by atoms with Crippen LogP contribution in [0.25, 0.3) is 0 Å². The molecule has 0 saturated carbocycles. The zero-order valence-corrected chi connectivity index (χ0v) is 11.4. The van der Waals surface area contributed by atoms with Crippen LogP contribution in [0.1, 0.15) is 36.2 Å². The lowest BCUT2D eigenvalue weighted by Gasteiger charge is -2.20. The number of hydrogen-bond acceptors (Lipinski definition) is 2. The topological polar surface area (TPSA) is 29.9 Å². The third kappa shape index (κ3) is 2.46. The minimum absolute atomic E-state index is 0.209. The van der Waals surface area contributed by atoms with Crippen molar-refractivity contribution < 1.29 is 0 Å². The maximum Gasteiger partial charge on any atom is 0.0748 e. The van der Waals surface area contributed by atoms with Gasteiger partial charge < -0.3 is 5.32 Å². The maximum atomic E-state index is 4.41. The monoisotopic (exact) mass is 243 g/mol. The highest BCUT2D eigenvalue weighted by Gasteiger charge is 2.17. The standard InChI is InChI=1S/C15H21N3/c1-4-11-18-14(9-10-17-18)15(16-3)13-8-6-5-7-12(13)2/h5-10,15-16H,4,11H2,1-3H3. The minimum Gasteiger partial charge on any atom is -0.308 e. The number of nitrogens with zero attached hydrogens (tertiary/aromatic N) is 2. The molecule has 0 aliphatic carbocycles. The summed E-state index contributed by atoms with van der Waals surface area (Å²) in [4.78, 5) is 0. The van der Waals surface area contributed by atoms with E-state index >= 15 is 0 Å². The summed E-state index contributed by atoms with van der Waals surface area (Å²) in [5, 5.41) is 7.81. The second kappa shape index (κ2) is 5.83. The number of aromatic nitrogens is 2. The summed E-state index contributed by atoms with van der Waals surface area (Å²) in [7, 11) is 2.00. The van der Waals surface area contributed by atoms with Gasteiger partial charge in [0.1, 0.15) is 0 Å². The van der Waals surface area contributed by atoms with Crippen LogP contribution in [0, 0.1) is 6.92 Å². The second-order valence-electron chi connectivity index (χ2n) is 4.56. The van der Waals surface area contributed by atoms with E-state index in [1.54, 1.807) is 0 Å². The van der Waals surface area contributed by atoms with E-state index in [1.807, 2.05) is 13.2 Å². The zero-order chi connectivity index (χ0) is 13.0. The Hall–Kier alpha value is -1.61. The summed E-state index contributed by atoms with van der Waals surface area (Å²) in [6.07, 6.45) is 2.98. The lowest BCUT2D eigenvalue weighted by atomic mass is 9.99. The molecule has 2 aromatic rings. The molecular formula is C15H21N3. The van der Waals surface area contributed by atoms with Crippen molar-refractivity contribution in [2.75, 3.05) is 7.05 Å². The number of benzene rings is 1. The molecule has 0 fully saturated rings. The highest BCUT2D eigenvalue weighted by Crippen LogP contribution is 2.24. The molecule has 0 spiro atoms. The molecule has 0 aliphatic rings. The van der Waals surface area contributed by atoms with Gasteiger partial charge in [0.25, 0.3) is 0 Å². The van der Waals surface area contributed by atoms with Gasteiger partial charge in [-0.25, -0.2) is 0 Å².